The molecule has 0 spiro atoms. The lowest BCUT2D eigenvalue weighted by Gasteiger charge is -2.24. The summed E-state index contributed by atoms with van der Waals surface area (Å²) >= 11 is 0. The van der Waals surface area contributed by atoms with E-state index in [2.05, 4.69) is 0 Å². The molecule has 120 valence electrons. The first-order chi connectivity index (χ1) is 11.6. The van der Waals surface area contributed by atoms with Crippen molar-refractivity contribution in [2.45, 2.75) is 13.0 Å². The zero-order chi connectivity index (χ0) is 17.1. The van der Waals surface area contributed by atoms with Crippen LogP contribution in [0.25, 0.3) is 6.08 Å². The van der Waals surface area contributed by atoms with Gasteiger partial charge < -0.3 is 9.47 Å². The third-order valence-electron chi connectivity index (χ3n) is 3.67. The summed E-state index contributed by atoms with van der Waals surface area (Å²) in [5.74, 6) is 1.03. The maximum Gasteiger partial charge on any atom is 0.291 e. The van der Waals surface area contributed by atoms with E-state index >= 15 is 0 Å². The first-order valence-electron chi connectivity index (χ1n) is 7.42. The van der Waals surface area contributed by atoms with E-state index in [0.717, 1.165) is 0 Å². The van der Waals surface area contributed by atoms with Crippen molar-refractivity contribution < 1.29 is 14.4 Å². The number of nitro groups is 1. The minimum absolute atomic E-state index is 0.0548. The normalized spacial score (nSPS) is 15.5. The van der Waals surface area contributed by atoms with E-state index in [4.69, 9.17) is 14.7 Å². The van der Waals surface area contributed by atoms with E-state index in [9.17, 15) is 10.1 Å². The number of benzene rings is 2. The van der Waals surface area contributed by atoms with Crippen LogP contribution in [0.1, 0.15) is 29.7 Å². The molecule has 2 aromatic rings. The summed E-state index contributed by atoms with van der Waals surface area (Å²) in [6.45, 7) is 2.33. The second-order valence-corrected chi connectivity index (χ2v) is 5.17. The van der Waals surface area contributed by atoms with Gasteiger partial charge in [-0.1, -0.05) is 24.3 Å². The van der Waals surface area contributed by atoms with Crippen molar-refractivity contribution >= 4 is 6.08 Å². The minimum atomic E-state index is -0.859. The first kappa shape index (κ1) is 15.6. The van der Waals surface area contributed by atoms with Crippen LogP contribution in [-0.4, -0.2) is 11.5 Å². The lowest BCUT2D eigenvalue weighted by Crippen LogP contribution is -2.20. The van der Waals surface area contributed by atoms with Crippen molar-refractivity contribution in [2.75, 3.05) is 6.61 Å². The van der Waals surface area contributed by atoms with Gasteiger partial charge in [-0.25, -0.2) is 0 Å². The van der Waals surface area contributed by atoms with Crippen LogP contribution < -0.4 is 9.47 Å². The van der Waals surface area contributed by atoms with E-state index < -0.39 is 11.0 Å². The van der Waals surface area contributed by atoms with E-state index in [1.165, 1.54) is 6.08 Å². The van der Waals surface area contributed by atoms with Crippen molar-refractivity contribution in [1.82, 2.24) is 0 Å². The lowest BCUT2D eigenvalue weighted by molar-refractivity contribution is -0.434. The van der Waals surface area contributed by atoms with Crippen LogP contribution in [-0.2, 0) is 0 Å². The molecule has 0 radical (unpaired) electrons. The van der Waals surface area contributed by atoms with Crippen molar-refractivity contribution in [2.24, 2.45) is 0 Å². The van der Waals surface area contributed by atoms with Crippen LogP contribution >= 0.6 is 0 Å². The van der Waals surface area contributed by atoms with Gasteiger partial charge in [-0.05, 0) is 25.1 Å². The molecule has 1 heterocycles. The Morgan fingerprint density at radius 2 is 2.04 bits per heavy atom. The van der Waals surface area contributed by atoms with Gasteiger partial charge in [0, 0.05) is 17.2 Å². The average Bonchev–Trinajstić information content (AvgIpc) is 2.61. The Kier molecular flexibility index (Phi) is 4.17. The fourth-order valence-electron chi connectivity index (χ4n) is 2.57. The standard InChI is InChI=1S/C18H14N2O4/c1-2-23-16-5-3-4-14-10-15(20(21)22)17(24-18(14)16)13-8-6-12(11-19)7-9-13/h3-10,17H,2H2,1H3. The highest BCUT2D eigenvalue weighted by atomic mass is 16.6. The Bertz CT molecular complexity index is 850. The van der Waals surface area contributed by atoms with Gasteiger partial charge in [0.15, 0.2) is 11.5 Å². The molecule has 1 aliphatic heterocycles. The molecule has 1 unspecified atom stereocenters. The van der Waals surface area contributed by atoms with Crippen molar-refractivity contribution in [3.05, 3.63) is 75.0 Å². The zero-order valence-electron chi connectivity index (χ0n) is 12.9. The maximum atomic E-state index is 11.5. The molecule has 2 aromatic carbocycles. The molecule has 0 aliphatic carbocycles. The molecule has 1 atom stereocenters. The fourth-order valence-corrected chi connectivity index (χ4v) is 2.57. The highest BCUT2D eigenvalue weighted by Gasteiger charge is 2.34. The average molecular weight is 322 g/mol. The summed E-state index contributed by atoms with van der Waals surface area (Å²) in [6.07, 6.45) is 0.645. The molecule has 0 N–H and O–H groups in total. The van der Waals surface area contributed by atoms with Gasteiger partial charge in [0.1, 0.15) is 0 Å². The quantitative estimate of drug-likeness (QED) is 0.632. The SMILES string of the molecule is CCOc1cccc2c1OC(c1ccc(C#N)cc1)C([N+](=O)[O-])=C2. The van der Waals surface area contributed by atoms with Crippen molar-refractivity contribution in [3.63, 3.8) is 0 Å². The predicted molar refractivity (Wildman–Crippen MR) is 87.1 cm³/mol. The number of hydrogen-bond acceptors (Lipinski definition) is 5. The summed E-state index contributed by atoms with van der Waals surface area (Å²) < 4.78 is 11.5. The summed E-state index contributed by atoms with van der Waals surface area (Å²) in [5.41, 5.74) is 1.64. The molecule has 24 heavy (non-hydrogen) atoms. The number of ether oxygens (including phenoxy) is 2. The van der Waals surface area contributed by atoms with Crippen LogP contribution in [0.3, 0.4) is 0 Å². The molecule has 0 bridgehead atoms. The molecule has 0 saturated carbocycles. The smallest absolute Gasteiger partial charge is 0.291 e. The Balaban J connectivity index is 2.07. The molecule has 0 saturated heterocycles. The zero-order valence-corrected chi connectivity index (χ0v) is 12.9. The second kappa shape index (κ2) is 6.42. The minimum Gasteiger partial charge on any atom is -0.490 e. The molecule has 1 aliphatic rings. The Labute approximate surface area is 138 Å². The third kappa shape index (κ3) is 2.79. The van der Waals surface area contributed by atoms with Gasteiger partial charge in [-0.15, -0.1) is 0 Å². The van der Waals surface area contributed by atoms with Crippen LogP contribution in [0.5, 0.6) is 11.5 Å². The first-order valence-corrected chi connectivity index (χ1v) is 7.42. The predicted octanol–water partition coefficient (Wildman–Crippen LogP) is 3.71. The molecule has 6 heteroatoms. The van der Waals surface area contributed by atoms with E-state index in [1.54, 1.807) is 42.5 Å². The second-order valence-electron chi connectivity index (χ2n) is 5.17. The van der Waals surface area contributed by atoms with E-state index in [0.29, 0.717) is 34.8 Å². The Morgan fingerprint density at radius 1 is 1.29 bits per heavy atom. The van der Waals surface area contributed by atoms with Crippen molar-refractivity contribution in [3.8, 4) is 17.6 Å². The van der Waals surface area contributed by atoms with E-state index in [1.807, 2.05) is 13.0 Å². The van der Waals surface area contributed by atoms with Gasteiger partial charge in [-0.2, -0.15) is 5.26 Å². The maximum absolute atomic E-state index is 11.5. The highest BCUT2D eigenvalue weighted by Crippen LogP contribution is 2.42. The largest absolute Gasteiger partial charge is 0.490 e. The van der Waals surface area contributed by atoms with Crippen LogP contribution in [0.4, 0.5) is 0 Å². The van der Waals surface area contributed by atoms with Crippen LogP contribution in [0, 0.1) is 21.4 Å². The van der Waals surface area contributed by atoms with Gasteiger partial charge in [0.2, 0.25) is 6.10 Å². The topological polar surface area (TPSA) is 85.4 Å². The molecular weight excluding hydrogens is 308 g/mol. The van der Waals surface area contributed by atoms with Crippen LogP contribution in [0.2, 0.25) is 0 Å². The summed E-state index contributed by atoms with van der Waals surface area (Å²) in [4.78, 5) is 11.0. The monoisotopic (exact) mass is 322 g/mol. The lowest BCUT2D eigenvalue weighted by atomic mass is 10.00. The summed E-state index contributed by atoms with van der Waals surface area (Å²) in [6, 6.07) is 13.8. The van der Waals surface area contributed by atoms with E-state index in [-0.39, 0.29) is 5.70 Å². The Morgan fingerprint density at radius 3 is 2.67 bits per heavy atom. The molecular formula is C18H14N2O4. The molecule has 0 aromatic heterocycles. The van der Waals surface area contributed by atoms with Gasteiger partial charge in [-0.3, -0.25) is 10.1 Å². The number of fused-ring (bicyclic) bond motifs is 1. The summed E-state index contributed by atoms with van der Waals surface area (Å²) in [7, 11) is 0. The molecule has 0 amide bonds. The third-order valence-corrected chi connectivity index (χ3v) is 3.67. The number of nitrogens with zero attached hydrogens (tertiary/aromatic N) is 2. The number of nitriles is 1. The van der Waals surface area contributed by atoms with Gasteiger partial charge >= 0.3 is 0 Å². The van der Waals surface area contributed by atoms with Gasteiger partial charge in [0.25, 0.3) is 5.70 Å². The van der Waals surface area contributed by atoms with Crippen LogP contribution in [0.15, 0.2) is 48.2 Å². The van der Waals surface area contributed by atoms with Gasteiger partial charge in [0.05, 0.1) is 23.2 Å². The number of para-hydroxylation sites is 1. The number of hydrogen-bond donors (Lipinski definition) is 0. The summed E-state index contributed by atoms with van der Waals surface area (Å²) in [5, 5.41) is 20.3. The van der Waals surface area contributed by atoms with Crippen molar-refractivity contribution in [1.29, 1.82) is 5.26 Å². The molecule has 3 rings (SSSR count). The number of rotatable bonds is 4. The Hall–Kier alpha value is -3.33. The molecule has 6 nitrogen and oxygen atoms in total. The highest BCUT2D eigenvalue weighted by molar-refractivity contribution is 5.66. The molecule has 0 fully saturated rings. The fraction of sp³-hybridized carbons (Fsp3) is 0.167.